The molecule has 0 fully saturated rings. The average molecular weight is 437 g/mol. The molecular weight excluding hydrogens is 416 g/mol. The molecule has 0 aliphatic heterocycles. The normalized spacial score (nSPS) is 11.2. The van der Waals surface area contributed by atoms with Gasteiger partial charge in [0.15, 0.2) is 5.65 Å². The molecule has 0 unspecified atom stereocenters. The lowest BCUT2D eigenvalue weighted by Crippen LogP contribution is -2.14. The van der Waals surface area contributed by atoms with E-state index in [0.717, 1.165) is 5.69 Å². The van der Waals surface area contributed by atoms with Crippen molar-refractivity contribution < 1.29 is 17.9 Å². The first-order chi connectivity index (χ1) is 13.1. The number of benzene rings is 1. The SMILES string of the molecule is Cc1ccc2c(Nc3ccc(S(N)(=O)=O)cc3)c(C(=O)OC(C)C)cnc2n1.Cl. The number of ether oxygens (including phenoxy) is 1. The summed E-state index contributed by atoms with van der Waals surface area (Å²) in [4.78, 5) is 21.2. The number of carbonyl (C=O) groups is 1. The number of hydrogen-bond donors (Lipinski definition) is 2. The number of nitrogens with one attached hydrogen (secondary N) is 1. The molecule has 0 amide bonds. The zero-order valence-electron chi connectivity index (χ0n) is 16.0. The lowest BCUT2D eigenvalue weighted by molar-refractivity contribution is 0.0379. The van der Waals surface area contributed by atoms with Crippen LogP contribution in [0.15, 0.2) is 47.5 Å². The fourth-order valence-corrected chi connectivity index (χ4v) is 3.13. The maximum absolute atomic E-state index is 12.5. The molecule has 3 aromatic rings. The molecular formula is C19H21ClN4O4S. The number of fused-ring (bicyclic) bond motifs is 1. The van der Waals surface area contributed by atoms with Gasteiger partial charge in [0.05, 0.1) is 16.7 Å². The Morgan fingerprint density at radius 2 is 1.79 bits per heavy atom. The van der Waals surface area contributed by atoms with E-state index in [0.29, 0.717) is 22.4 Å². The molecule has 29 heavy (non-hydrogen) atoms. The van der Waals surface area contributed by atoms with Gasteiger partial charge in [0, 0.05) is 23.0 Å². The number of primary sulfonamides is 1. The Kier molecular flexibility index (Phi) is 6.78. The Labute approximate surface area is 175 Å². The first-order valence-electron chi connectivity index (χ1n) is 8.52. The molecule has 2 aromatic heterocycles. The van der Waals surface area contributed by atoms with E-state index in [1.807, 2.05) is 19.1 Å². The minimum absolute atomic E-state index is 0. The van der Waals surface area contributed by atoms with Crippen LogP contribution in [0.1, 0.15) is 29.9 Å². The highest BCUT2D eigenvalue weighted by atomic mass is 35.5. The molecule has 10 heteroatoms. The monoisotopic (exact) mass is 436 g/mol. The zero-order valence-corrected chi connectivity index (χ0v) is 17.7. The first kappa shape index (κ1) is 22.5. The summed E-state index contributed by atoms with van der Waals surface area (Å²) in [7, 11) is -3.79. The van der Waals surface area contributed by atoms with E-state index in [9.17, 15) is 13.2 Å². The van der Waals surface area contributed by atoms with Gasteiger partial charge in [-0.3, -0.25) is 0 Å². The third kappa shape index (κ3) is 5.20. The standard InChI is InChI=1S/C19H20N4O4S.ClH/c1-11(2)27-19(24)16-10-21-18-15(9-4-12(3)22-18)17(16)23-13-5-7-14(8-6-13)28(20,25)26;/h4-11H,1-3H3,(H2,20,25,26)(H,21,22,23);1H. The maximum atomic E-state index is 12.5. The van der Waals surface area contributed by atoms with Crippen LogP contribution >= 0.6 is 12.4 Å². The third-order valence-electron chi connectivity index (χ3n) is 3.88. The lowest BCUT2D eigenvalue weighted by atomic mass is 10.1. The summed E-state index contributed by atoms with van der Waals surface area (Å²) in [5.41, 5.74) is 2.57. The fraction of sp³-hybridized carbons (Fsp3) is 0.211. The van der Waals surface area contributed by atoms with Crippen molar-refractivity contribution in [2.45, 2.75) is 31.8 Å². The smallest absolute Gasteiger partial charge is 0.342 e. The average Bonchev–Trinajstić information content (AvgIpc) is 2.60. The number of aryl methyl sites for hydroxylation is 1. The van der Waals surface area contributed by atoms with Gasteiger partial charge in [0.2, 0.25) is 10.0 Å². The minimum Gasteiger partial charge on any atom is -0.459 e. The number of carbonyl (C=O) groups excluding carboxylic acids is 1. The Morgan fingerprint density at radius 3 is 2.38 bits per heavy atom. The summed E-state index contributed by atoms with van der Waals surface area (Å²) < 4.78 is 28.2. The number of halogens is 1. The number of sulfonamides is 1. The second-order valence-electron chi connectivity index (χ2n) is 6.52. The zero-order chi connectivity index (χ0) is 20.5. The van der Waals surface area contributed by atoms with Crippen molar-refractivity contribution in [3.63, 3.8) is 0 Å². The maximum Gasteiger partial charge on any atom is 0.342 e. The van der Waals surface area contributed by atoms with Crippen LogP contribution in [0.25, 0.3) is 11.0 Å². The number of rotatable bonds is 5. The van der Waals surface area contributed by atoms with Gasteiger partial charge in [-0.1, -0.05) is 0 Å². The third-order valence-corrected chi connectivity index (χ3v) is 4.81. The van der Waals surface area contributed by atoms with Crippen LogP contribution in [0.5, 0.6) is 0 Å². The molecule has 0 spiro atoms. The molecule has 0 atom stereocenters. The van der Waals surface area contributed by atoms with E-state index in [1.165, 1.54) is 18.3 Å². The number of nitrogens with two attached hydrogens (primary N) is 1. The van der Waals surface area contributed by atoms with Crippen LogP contribution in [0.2, 0.25) is 0 Å². The van der Waals surface area contributed by atoms with Gasteiger partial charge in [-0.15, -0.1) is 12.4 Å². The predicted octanol–water partition coefficient (Wildman–Crippen LogP) is 3.32. The van der Waals surface area contributed by atoms with Crippen LogP contribution < -0.4 is 10.5 Å². The van der Waals surface area contributed by atoms with Crippen LogP contribution in [0.4, 0.5) is 11.4 Å². The van der Waals surface area contributed by atoms with Crippen LogP contribution in [-0.4, -0.2) is 30.5 Å². The molecule has 2 heterocycles. The quantitative estimate of drug-likeness (QED) is 0.587. The second kappa shape index (κ2) is 8.73. The van der Waals surface area contributed by atoms with Crippen LogP contribution in [-0.2, 0) is 14.8 Å². The van der Waals surface area contributed by atoms with Gasteiger partial charge < -0.3 is 10.1 Å². The largest absolute Gasteiger partial charge is 0.459 e. The van der Waals surface area contributed by atoms with Crippen molar-refractivity contribution in [1.82, 2.24) is 9.97 Å². The summed E-state index contributed by atoms with van der Waals surface area (Å²) in [6, 6.07) is 9.52. The molecule has 0 radical (unpaired) electrons. The van der Waals surface area contributed by atoms with E-state index >= 15 is 0 Å². The van der Waals surface area contributed by atoms with Gasteiger partial charge in [0.25, 0.3) is 0 Å². The van der Waals surface area contributed by atoms with E-state index in [4.69, 9.17) is 9.88 Å². The van der Waals surface area contributed by atoms with E-state index in [-0.39, 0.29) is 29.0 Å². The highest BCUT2D eigenvalue weighted by Gasteiger charge is 2.19. The van der Waals surface area contributed by atoms with E-state index < -0.39 is 16.0 Å². The Hall–Kier alpha value is -2.75. The molecule has 8 nitrogen and oxygen atoms in total. The number of aromatic nitrogens is 2. The van der Waals surface area contributed by atoms with Crippen molar-refractivity contribution >= 4 is 50.8 Å². The van der Waals surface area contributed by atoms with Crippen molar-refractivity contribution in [2.75, 3.05) is 5.32 Å². The topological polar surface area (TPSA) is 124 Å². The highest BCUT2D eigenvalue weighted by molar-refractivity contribution is 7.89. The molecule has 1 aromatic carbocycles. The predicted molar refractivity (Wildman–Crippen MR) is 113 cm³/mol. The lowest BCUT2D eigenvalue weighted by Gasteiger charge is -2.15. The van der Waals surface area contributed by atoms with Crippen molar-refractivity contribution in [1.29, 1.82) is 0 Å². The molecule has 0 saturated heterocycles. The molecule has 0 aliphatic carbocycles. The summed E-state index contributed by atoms with van der Waals surface area (Å²) >= 11 is 0. The number of anilines is 2. The van der Waals surface area contributed by atoms with Gasteiger partial charge in [-0.25, -0.2) is 28.3 Å². The Morgan fingerprint density at radius 1 is 1.14 bits per heavy atom. The summed E-state index contributed by atoms with van der Waals surface area (Å²) in [6.07, 6.45) is 1.13. The number of pyridine rings is 2. The first-order valence-corrected chi connectivity index (χ1v) is 10.1. The number of esters is 1. The summed E-state index contributed by atoms with van der Waals surface area (Å²) in [5.74, 6) is -0.520. The number of hydrogen-bond acceptors (Lipinski definition) is 7. The van der Waals surface area contributed by atoms with Gasteiger partial charge in [0.1, 0.15) is 5.56 Å². The van der Waals surface area contributed by atoms with Crippen molar-refractivity contribution in [3.05, 3.63) is 53.9 Å². The molecule has 154 valence electrons. The highest BCUT2D eigenvalue weighted by Crippen LogP contribution is 2.29. The number of nitrogens with zero attached hydrogens (tertiary/aromatic N) is 2. The van der Waals surface area contributed by atoms with Crippen LogP contribution in [0.3, 0.4) is 0 Å². The molecule has 0 saturated carbocycles. The van der Waals surface area contributed by atoms with E-state index in [2.05, 4.69) is 15.3 Å². The molecule has 0 aliphatic rings. The molecule has 3 rings (SSSR count). The van der Waals surface area contributed by atoms with E-state index in [1.54, 1.807) is 26.0 Å². The molecule has 0 bridgehead atoms. The van der Waals surface area contributed by atoms with Crippen molar-refractivity contribution in [2.24, 2.45) is 5.14 Å². The van der Waals surface area contributed by atoms with Gasteiger partial charge in [-0.2, -0.15) is 0 Å². The minimum atomic E-state index is -3.79. The summed E-state index contributed by atoms with van der Waals surface area (Å²) in [6.45, 7) is 5.37. The second-order valence-corrected chi connectivity index (χ2v) is 8.08. The Bertz CT molecular complexity index is 1150. The van der Waals surface area contributed by atoms with Gasteiger partial charge in [-0.05, 0) is 57.2 Å². The summed E-state index contributed by atoms with van der Waals surface area (Å²) in [5, 5.41) is 8.92. The van der Waals surface area contributed by atoms with Gasteiger partial charge >= 0.3 is 5.97 Å². The Balaban J connectivity index is 0.00000300. The fourth-order valence-electron chi connectivity index (χ4n) is 2.61. The molecule has 3 N–H and O–H groups in total. The van der Waals surface area contributed by atoms with Crippen molar-refractivity contribution in [3.8, 4) is 0 Å². The van der Waals surface area contributed by atoms with Crippen LogP contribution in [0, 0.1) is 6.92 Å².